The van der Waals surface area contributed by atoms with E-state index in [2.05, 4.69) is 20.0 Å². The minimum atomic E-state index is -0.0306. The van der Waals surface area contributed by atoms with Crippen LogP contribution in [0.3, 0.4) is 0 Å². The van der Waals surface area contributed by atoms with Crippen molar-refractivity contribution in [3.8, 4) is 0 Å². The van der Waals surface area contributed by atoms with Gasteiger partial charge in [0.2, 0.25) is 11.9 Å². The minimum absolute atomic E-state index is 0.0172. The molecule has 0 spiro atoms. The van der Waals surface area contributed by atoms with E-state index in [-0.39, 0.29) is 17.7 Å². The van der Waals surface area contributed by atoms with Gasteiger partial charge >= 0.3 is 0 Å². The van der Waals surface area contributed by atoms with Crippen LogP contribution in [-0.2, 0) is 4.79 Å². The largest absolute Gasteiger partial charge is 0.356 e. The average molecular weight is 442 g/mol. The van der Waals surface area contributed by atoms with Crippen LogP contribution in [-0.4, -0.2) is 91.5 Å². The summed E-state index contributed by atoms with van der Waals surface area (Å²) in [6.07, 6.45) is 6.57. The van der Waals surface area contributed by atoms with Crippen molar-refractivity contribution in [1.29, 1.82) is 0 Å². The fraction of sp³-hybridized carbons (Fsp3) is 0.739. The van der Waals surface area contributed by atoms with E-state index in [9.17, 15) is 9.59 Å². The molecule has 32 heavy (non-hydrogen) atoms. The lowest BCUT2D eigenvalue weighted by molar-refractivity contribution is -0.133. The normalized spacial score (nSPS) is 24.0. The van der Waals surface area contributed by atoms with Crippen LogP contribution in [0.25, 0.3) is 0 Å². The smallest absolute Gasteiger partial charge is 0.239 e. The van der Waals surface area contributed by atoms with Gasteiger partial charge in [0.05, 0.1) is 6.04 Å². The maximum absolute atomic E-state index is 12.8. The van der Waals surface area contributed by atoms with E-state index in [1.54, 1.807) is 6.92 Å². The Morgan fingerprint density at radius 3 is 1.88 bits per heavy atom. The minimum Gasteiger partial charge on any atom is -0.356 e. The first kappa shape index (κ1) is 21.4. The first-order chi connectivity index (χ1) is 15.6. The van der Waals surface area contributed by atoms with Crippen LogP contribution in [0.2, 0.25) is 0 Å². The van der Waals surface area contributed by atoms with Gasteiger partial charge in [-0.05, 0) is 52.0 Å². The molecule has 0 aromatic carbocycles. The Hall–Kier alpha value is -2.42. The number of carbonyl (C=O) groups is 2. The number of Topliss-reactive ketones (excluding diaryl/α,β-unsaturated/α-hetero) is 1. The summed E-state index contributed by atoms with van der Waals surface area (Å²) in [5.74, 6) is 2.53. The predicted octanol–water partition coefficient (Wildman–Crippen LogP) is 1.28. The topological polar surface area (TPSA) is 84.9 Å². The zero-order chi connectivity index (χ0) is 22.1. The van der Waals surface area contributed by atoms with Crippen LogP contribution in [0, 0.1) is 0 Å². The number of anilines is 3. The molecule has 5 rings (SSSR count). The summed E-state index contributed by atoms with van der Waals surface area (Å²) in [6.45, 7) is 9.07. The SMILES string of the molecule is CC(=O)c1c(N2CCCC2)nc(N2CCCC2)nc1N1CCN(C(=O)C2CCCN2)CC1. The number of carbonyl (C=O) groups excluding carboxylic acids is 2. The molecule has 0 radical (unpaired) electrons. The van der Waals surface area contributed by atoms with Gasteiger partial charge in [-0.3, -0.25) is 9.59 Å². The highest BCUT2D eigenvalue weighted by Crippen LogP contribution is 2.33. The Kier molecular flexibility index (Phi) is 6.17. The second kappa shape index (κ2) is 9.21. The Bertz CT molecular complexity index is 850. The average Bonchev–Trinajstić information content (AvgIpc) is 3.60. The molecule has 4 aliphatic heterocycles. The lowest BCUT2D eigenvalue weighted by atomic mass is 10.1. The van der Waals surface area contributed by atoms with Crippen molar-refractivity contribution in [2.45, 2.75) is 51.5 Å². The molecule has 0 saturated carbocycles. The number of ketones is 1. The molecular weight excluding hydrogens is 406 g/mol. The highest BCUT2D eigenvalue weighted by atomic mass is 16.2. The first-order valence-electron chi connectivity index (χ1n) is 12.3. The van der Waals surface area contributed by atoms with Crippen LogP contribution in [0.1, 0.15) is 55.8 Å². The molecule has 1 aromatic heterocycles. The number of rotatable bonds is 5. The number of amides is 1. The molecular formula is C23H35N7O2. The van der Waals surface area contributed by atoms with Gasteiger partial charge in [0.1, 0.15) is 17.2 Å². The Morgan fingerprint density at radius 2 is 1.34 bits per heavy atom. The maximum atomic E-state index is 12.8. The van der Waals surface area contributed by atoms with Gasteiger partial charge in [0.15, 0.2) is 5.78 Å². The van der Waals surface area contributed by atoms with Gasteiger partial charge in [0, 0.05) is 52.4 Å². The molecule has 4 aliphatic rings. The van der Waals surface area contributed by atoms with Crippen LogP contribution >= 0.6 is 0 Å². The Labute approximate surface area is 190 Å². The van der Waals surface area contributed by atoms with E-state index in [1.165, 1.54) is 0 Å². The number of hydrogen-bond acceptors (Lipinski definition) is 8. The molecule has 1 amide bonds. The van der Waals surface area contributed by atoms with E-state index >= 15 is 0 Å². The highest BCUT2D eigenvalue weighted by Gasteiger charge is 2.33. The molecule has 0 aliphatic carbocycles. The summed E-state index contributed by atoms with van der Waals surface area (Å²) in [5.41, 5.74) is 0.645. The first-order valence-corrected chi connectivity index (χ1v) is 12.3. The van der Waals surface area contributed by atoms with E-state index in [0.717, 1.165) is 88.8 Å². The number of hydrogen-bond donors (Lipinski definition) is 1. The molecule has 9 nitrogen and oxygen atoms in total. The predicted molar refractivity (Wildman–Crippen MR) is 125 cm³/mol. The zero-order valence-corrected chi connectivity index (χ0v) is 19.2. The van der Waals surface area contributed by atoms with Crippen LogP contribution < -0.4 is 20.0 Å². The lowest BCUT2D eigenvalue weighted by Crippen LogP contribution is -2.53. The summed E-state index contributed by atoms with van der Waals surface area (Å²) >= 11 is 0. The number of nitrogens with one attached hydrogen (secondary N) is 1. The molecule has 174 valence electrons. The van der Waals surface area contributed by atoms with E-state index < -0.39 is 0 Å². The second-order valence-electron chi connectivity index (χ2n) is 9.45. The van der Waals surface area contributed by atoms with Gasteiger partial charge in [-0.1, -0.05) is 0 Å². The Morgan fingerprint density at radius 1 is 0.781 bits per heavy atom. The van der Waals surface area contributed by atoms with E-state index in [0.29, 0.717) is 31.7 Å². The van der Waals surface area contributed by atoms with Crippen molar-refractivity contribution in [2.75, 3.05) is 73.6 Å². The van der Waals surface area contributed by atoms with Gasteiger partial charge < -0.3 is 24.9 Å². The molecule has 1 unspecified atom stereocenters. The third-order valence-electron chi connectivity index (χ3n) is 7.25. The van der Waals surface area contributed by atoms with Gasteiger partial charge in [-0.2, -0.15) is 9.97 Å². The summed E-state index contributed by atoms with van der Waals surface area (Å²) < 4.78 is 0. The molecule has 5 heterocycles. The van der Waals surface area contributed by atoms with Crippen molar-refractivity contribution in [3.05, 3.63) is 5.56 Å². The fourth-order valence-corrected chi connectivity index (χ4v) is 5.44. The van der Waals surface area contributed by atoms with Crippen molar-refractivity contribution in [3.63, 3.8) is 0 Å². The molecule has 4 fully saturated rings. The number of piperazine rings is 1. The van der Waals surface area contributed by atoms with Gasteiger partial charge in [-0.15, -0.1) is 0 Å². The molecule has 1 atom stereocenters. The summed E-state index contributed by atoms with van der Waals surface area (Å²) in [5, 5.41) is 3.32. The van der Waals surface area contributed by atoms with Crippen molar-refractivity contribution >= 4 is 29.3 Å². The molecule has 1 aromatic rings. The van der Waals surface area contributed by atoms with Gasteiger partial charge in [-0.25, -0.2) is 0 Å². The molecule has 0 bridgehead atoms. The fourth-order valence-electron chi connectivity index (χ4n) is 5.44. The van der Waals surface area contributed by atoms with Gasteiger partial charge in [0.25, 0.3) is 0 Å². The van der Waals surface area contributed by atoms with Crippen LogP contribution in [0.15, 0.2) is 0 Å². The van der Waals surface area contributed by atoms with Crippen LogP contribution in [0.4, 0.5) is 17.6 Å². The number of nitrogens with zero attached hydrogens (tertiary/aromatic N) is 6. The highest BCUT2D eigenvalue weighted by molar-refractivity contribution is 6.04. The second-order valence-corrected chi connectivity index (χ2v) is 9.45. The van der Waals surface area contributed by atoms with E-state index in [4.69, 9.17) is 9.97 Å². The van der Waals surface area contributed by atoms with Crippen molar-refractivity contribution in [1.82, 2.24) is 20.2 Å². The maximum Gasteiger partial charge on any atom is 0.239 e. The van der Waals surface area contributed by atoms with E-state index in [1.807, 2.05) is 4.90 Å². The van der Waals surface area contributed by atoms with Crippen molar-refractivity contribution < 1.29 is 9.59 Å². The number of aromatic nitrogens is 2. The standard InChI is InChI=1S/C23H35N7O2/c1-17(31)19-20(27-9-2-3-10-27)25-23(30-11-4-5-12-30)26-21(19)28-13-15-29(16-14-28)22(32)18-7-6-8-24-18/h18,24H,2-16H2,1H3. The van der Waals surface area contributed by atoms with Crippen molar-refractivity contribution in [2.24, 2.45) is 0 Å². The zero-order valence-electron chi connectivity index (χ0n) is 19.2. The molecule has 4 saturated heterocycles. The summed E-state index contributed by atoms with van der Waals surface area (Å²) in [6, 6.07) is -0.0306. The summed E-state index contributed by atoms with van der Waals surface area (Å²) in [4.78, 5) is 44.2. The Balaban J connectivity index is 1.43. The quantitative estimate of drug-likeness (QED) is 0.684. The molecule has 9 heteroatoms. The third kappa shape index (κ3) is 4.14. The monoisotopic (exact) mass is 441 g/mol. The van der Waals surface area contributed by atoms with Crippen LogP contribution in [0.5, 0.6) is 0 Å². The lowest BCUT2D eigenvalue weighted by Gasteiger charge is -2.38. The summed E-state index contributed by atoms with van der Waals surface area (Å²) in [7, 11) is 0. The molecule has 1 N–H and O–H groups in total. The third-order valence-corrected chi connectivity index (χ3v) is 7.25.